The molecule has 0 aliphatic carbocycles. The van der Waals surface area contributed by atoms with Crippen LogP contribution < -0.4 is 10.1 Å². The van der Waals surface area contributed by atoms with Crippen LogP contribution in [-0.2, 0) is 0 Å². The Morgan fingerprint density at radius 3 is 2.62 bits per heavy atom. The van der Waals surface area contributed by atoms with Crippen molar-refractivity contribution in [2.24, 2.45) is 0 Å². The number of halogens is 3. The first-order chi connectivity index (χ1) is 9.93. The SMILES string of the molecule is COc1cc(Nc2c(F)cccc2C(=O)O)c(Br)cc1Br. The minimum atomic E-state index is -1.21. The molecular weight excluding hydrogens is 409 g/mol. The van der Waals surface area contributed by atoms with E-state index in [4.69, 9.17) is 9.84 Å². The lowest BCUT2D eigenvalue weighted by Crippen LogP contribution is -2.05. The maximum absolute atomic E-state index is 13.9. The van der Waals surface area contributed by atoms with Crippen LogP contribution in [0.25, 0.3) is 0 Å². The highest BCUT2D eigenvalue weighted by Gasteiger charge is 2.16. The van der Waals surface area contributed by atoms with Gasteiger partial charge in [-0.05, 0) is 50.1 Å². The number of rotatable bonds is 4. The van der Waals surface area contributed by atoms with Gasteiger partial charge in [0.05, 0.1) is 28.5 Å². The maximum Gasteiger partial charge on any atom is 0.337 e. The van der Waals surface area contributed by atoms with Gasteiger partial charge in [-0.1, -0.05) is 6.07 Å². The second-order valence-electron chi connectivity index (χ2n) is 4.06. The molecule has 0 heterocycles. The number of hydrogen-bond acceptors (Lipinski definition) is 3. The molecule has 0 aliphatic heterocycles. The zero-order valence-corrected chi connectivity index (χ0v) is 14.0. The van der Waals surface area contributed by atoms with E-state index in [1.54, 1.807) is 12.1 Å². The third-order valence-electron chi connectivity index (χ3n) is 2.75. The first-order valence-corrected chi connectivity index (χ1v) is 7.34. The Morgan fingerprint density at radius 2 is 2.00 bits per heavy atom. The van der Waals surface area contributed by atoms with Crippen molar-refractivity contribution in [2.75, 3.05) is 12.4 Å². The fourth-order valence-electron chi connectivity index (χ4n) is 1.75. The van der Waals surface area contributed by atoms with Gasteiger partial charge in [0.1, 0.15) is 11.6 Å². The minimum absolute atomic E-state index is 0.102. The molecule has 0 spiro atoms. The van der Waals surface area contributed by atoms with E-state index in [1.165, 1.54) is 25.3 Å². The maximum atomic E-state index is 13.9. The molecule has 2 aromatic rings. The molecule has 2 aromatic carbocycles. The van der Waals surface area contributed by atoms with E-state index in [9.17, 15) is 9.18 Å². The molecular formula is C14H10Br2FNO3. The zero-order chi connectivity index (χ0) is 15.6. The molecule has 0 aromatic heterocycles. The summed E-state index contributed by atoms with van der Waals surface area (Å²) in [5.74, 6) is -1.32. The van der Waals surface area contributed by atoms with Gasteiger partial charge in [-0.2, -0.15) is 0 Å². The molecule has 0 saturated heterocycles. The molecule has 4 nitrogen and oxygen atoms in total. The summed E-state index contributed by atoms with van der Waals surface area (Å²) in [4.78, 5) is 11.2. The molecule has 0 atom stereocenters. The highest BCUT2D eigenvalue weighted by Crippen LogP contribution is 2.37. The second-order valence-corrected chi connectivity index (χ2v) is 5.77. The topological polar surface area (TPSA) is 58.6 Å². The number of nitrogens with one attached hydrogen (secondary N) is 1. The summed E-state index contributed by atoms with van der Waals surface area (Å²) in [6.07, 6.45) is 0. The number of hydrogen-bond donors (Lipinski definition) is 2. The van der Waals surface area contributed by atoms with Gasteiger partial charge in [-0.15, -0.1) is 0 Å². The van der Waals surface area contributed by atoms with E-state index >= 15 is 0 Å². The third kappa shape index (κ3) is 3.36. The molecule has 0 aliphatic rings. The van der Waals surface area contributed by atoms with Gasteiger partial charge in [-0.3, -0.25) is 0 Å². The van der Waals surface area contributed by atoms with E-state index in [0.29, 0.717) is 15.9 Å². The van der Waals surface area contributed by atoms with Crippen LogP contribution in [0.15, 0.2) is 39.3 Å². The van der Waals surface area contributed by atoms with E-state index in [-0.39, 0.29) is 11.3 Å². The van der Waals surface area contributed by atoms with Crippen molar-refractivity contribution >= 4 is 49.2 Å². The van der Waals surface area contributed by atoms with Crippen molar-refractivity contribution in [1.82, 2.24) is 0 Å². The van der Waals surface area contributed by atoms with Crippen LogP contribution >= 0.6 is 31.9 Å². The standard InChI is InChI=1S/C14H10Br2FNO3/c1-21-12-6-11(8(15)5-9(12)16)18-13-7(14(19)20)3-2-4-10(13)17/h2-6,18H,1H3,(H,19,20). The van der Waals surface area contributed by atoms with Crippen molar-refractivity contribution in [3.8, 4) is 5.75 Å². The van der Waals surface area contributed by atoms with Gasteiger partial charge < -0.3 is 15.2 Å². The lowest BCUT2D eigenvalue weighted by molar-refractivity contribution is 0.0697. The third-order valence-corrected chi connectivity index (χ3v) is 4.02. The minimum Gasteiger partial charge on any atom is -0.495 e. The highest BCUT2D eigenvalue weighted by molar-refractivity contribution is 9.11. The van der Waals surface area contributed by atoms with Crippen LogP contribution in [0.5, 0.6) is 5.75 Å². The molecule has 0 amide bonds. The summed E-state index contributed by atoms with van der Waals surface area (Å²) in [5, 5.41) is 11.9. The molecule has 0 fully saturated rings. The zero-order valence-electron chi connectivity index (χ0n) is 10.8. The number of carbonyl (C=O) groups is 1. The fraction of sp³-hybridized carbons (Fsp3) is 0.0714. The first kappa shape index (κ1) is 15.8. The normalized spacial score (nSPS) is 10.3. The molecule has 0 radical (unpaired) electrons. The summed E-state index contributed by atoms with van der Waals surface area (Å²) in [7, 11) is 1.50. The Kier molecular flexibility index (Phi) is 4.84. The molecule has 110 valence electrons. The van der Waals surface area contributed by atoms with Crippen LogP contribution in [0, 0.1) is 5.82 Å². The number of aromatic carboxylic acids is 1. The molecule has 0 bridgehead atoms. The number of methoxy groups -OCH3 is 1. The quantitative estimate of drug-likeness (QED) is 0.748. The van der Waals surface area contributed by atoms with Gasteiger partial charge >= 0.3 is 5.97 Å². The molecule has 2 N–H and O–H groups in total. The number of para-hydroxylation sites is 1. The molecule has 21 heavy (non-hydrogen) atoms. The predicted octanol–water partition coefficient (Wildman–Crippen LogP) is 4.80. The Balaban J connectivity index is 2.50. The fourth-order valence-corrected chi connectivity index (χ4v) is 3.00. The molecule has 7 heteroatoms. The van der Waals surface area contributed by atoms with Gasteiger partial charge in [0.15, 0.2) is 0 Å². The lowest BCUT2D eigenvalue weighted by atomic mass is 10.1. The summed E-state index contributed by atoms with van der Waals surface area (Å²) < 4.78 is 20.4. The Bertz CT molecular complexity index is 707. The smallest absolute Gasteiger partial charge is 0.337 e. The number of carboxylic acid groups (broad SMARTS) is 1. The van der Waals surface area contributed by atoms with Crippen molar-refractivity contribution < 1.29 is 19.0 Å². The van der Waals surface area contributed by atoms with Crippen molar-refractivity contribution in [2.45, 2.75) is 0 Å². The largest absolute Gasteiger partial charge is 0.495 e. The Hall–Kier alpha value is -1.60. The van der Waals surface area contributed by atoms with Crippen LogP contribution in [0.1, 0.15) is 10.4 Å². The van der Waals surface area contributed by atoms with Gasteiger partial charge in [0.25, 0.3) is 0 Å². The van der Waals surface area contributed by atoms with Gasteiger partial charge in [-0.25, -0.2) is 9.18 Å². The Labute approximate surface area is 137 Å². The van der Waals surface area contributed by atoms with Gasteiger partial charge in [0, 0.05) is 10.5 Å². The monoisotopic (exact) mass is 417 g/mol. The predicted molar refractivity (Wildman–Crippen MR) is 85.0 cm³/mol. The molecule has 2 rings (SSSR count). The number of ether oxygens (including phenoxy) is 1. The number of anilines is 2. The summed E-state index contributed by atoms with van der Waals surface area (Å²) in [5.41, 5.74) is 0.238. The van der Waals surface area contributed by atoms with Gasteiger partial charge in [0.2, 0.25) is 0 Å². The average molecular weight is 419 g/mol. The van der Waals surface area contributed by atoms with Crippen LogP contribution in [0.4, 0.5) is 15.8 Å². The summed E-state index contributed by atoms with van der Waals surface area (Å²) >= 11 is 6.66. The average Bonchev–Trinajstić information content (AvgIpc) is 2.43. The second kappa shape index (κ2) is 6.44. The van der Waals surface area contributed by atoms with Crippen LogP contribution in [-0.4, -0.2) is 18.2 Å². The van der Waals surface area contributed by atoms with Crippen molar-refractivity contribution in [1.29, 1.82) is 0 Å². The lowest BCUT2D eigenvalue weighted by Gasteiger charge is -2.14. The van der Waals surface area contributed by atoms with Crippen molar-refractivity contribution in [3.05, 3.63) is 50.7 Å². The summed E-state index contributed by atoms with van der Waals surface area (Å²) in [6, 6.07) is 7.23. The summed E-state index contributed by atoms with van der Waals surface area (Å²) in [6.45, 7) is 0. The highest BCUT2D eigenvalue weighted by atomic mass is 79.9. The molecule has 0 unspecified atom stereocenters. The van der Waals surface area contributed by atoms with Crippen molar-refractivity contribution in [3.63, 3.8) is 0 Å². The number of benzene rings is 2. The van der Waals surface area contributed by atoms with E-state index in [0.717, 1.165) is 4.47 Å². The van der Waals surface area contributed by atoms with Crippen LogP contribution in [0.3, 0.4) is 0 Å². The number of carboxylic acids is 1. The van der Waals surface area contributed by atoms with E-state index in [2.05, 4.69) is 37.2 Å². The van der Waals surface area contributed by atoms with E-state index < -0.39 is 11.8 Å². The Morgan fingerprint density at radius 1 is 1.29 bits per heavy atom. The van der Waals surface area contributed by atoms with Crippen LogP contribution in [0.2, 0.25) is 0 Å². The molecule has 0 saturated carbocycles. The first-order valence-electron chi connectivity index (χ1n) is 5.76. The van der Waals surface area contributed by atoms with E-state index in [1.807, 2.05) is 0 Å².